The van der Waals surface area contributed by atoms with E-state index in [-0.39, 0.29) is 12.3 Å². The molecule has 6 heteroatoms. The lowest BCUT2D eigenvalue weighted by molar-refractivity contribution is 0.0970. The van der Waals surface area contributed by atoms with E-state index in [1.165, 1.54) is 16.8 Å². The van der Waals surface area contributed by atoms with Gasteiger partial charge in [-0.25, -0.2) is 4.79 Å². The van der Waals surface area contributed by atoms with Gasteiger partial charge in [0, 0.05) is 21.4 Å². The summed E-state index contributed by atoms with van der Waals surface area (Å²) < 4.78 is 2.20. The lowest BCUT2D eigenvalue weighted by Crippen LogP contribution is -2.30. The van der Waals surface area contributed by atoms with Gasteiger partial charge in [-0.15, -0.1) is 0 Å². The smallest absolute Gasteiger partial charge is 0.293 e. The normalized spacial score (nSPS) is 10.3. The van der Waals surface area contributed by atoms with Crippen LogP contribution in [0.25, 0.3) is 0 Å². The molecule has 1 aromatic heterocycles. The fourth-order valence-electron chi connectivity index (χ4n) is 1.45. The van der Waals surface area contributed by atoms with E-state index in [2.05, 4.69) is 27.6 Å². The number of halogens is 1. The molecule has 5 nitrogen and oxygen atoms in total. The highest BCUT2D eigenvalue weighted by molar-refractivity contribution is 14.1. The van der Waals surface area contributed by atoms with Crippen LogP contribution in [0.5, 0.6) is 0 Å². The van der Waals surface area contributed by atoms with E-state index < -0.39 is 11.2 Å². The molecule has 0 atom stereocenters. The molecule has 92 valence electrons. The van der Waals surface area contributed by atoms with E-state index in [1.54, 1.807) is 12.1 Å². The van der Waals surface area contributed by atoms with Crippen molar-refractivity contribution in [2.24, 2.45) is 0 Å². The summed E-state index contributed by atoms with van der Waals surface area (Å²) in [6.45, 7) is -0.0871. The van der Waals surface area contributed by atoms with Gasteiger partial charge < -0.3 is 0 Å². The van der Waals surface area contributed by atoms with Gasteiger partial charge >= 0.3 is 5.69 Å². The van der Waals surface area contributed by atoms with Gasteiger partial charge in [0.15, 0.2) is 5.78 Å². The summed E-state index contributed by atoms with van der Waals surface area (Å²) in [7, 11) is 0. The van der Waals surface area contributed by atoms with Crippen molar-refractivity contribution in [2.45, 2.75) is 6.54 Å². The number of nitrogens with one attached hydrogen (secondary N) is 1. The molecule has 0 unspecified atom stereocenters. The highest BCUT2D eigenvalue weighted by atomic mass is 127. The molecule has 0 aliphatic rings. The third-order valence-electron chi connectivity index (χ3n) is 2.38. The maximum absolute atomic E-state index is 11.9. The quantitative estimate of drug-likeness (QED) is 0.660. The van der Waals surface area contributed by atoms with Gasteiger partial charge in [-0.3, -0.25) is 19.1 Å². The minimum atomic E-state index is -0.582. The van der Waals surface area contributed by atoms with E-state index in [9.17, 15) is 14.4 Å². The molecule has 0 spiro atoms. The van der Waals surface area contributed by atoms with Crippen molar-refractivity contribution in [2.75, 3.05) is 0 Å². The molecule has 18 heavy (non-hydrogen) atoms. The van der Waals surface area contributed by atoms with Gasteiger partial charge in [0.1, 0.15) is 0 Å². The number of carbonyl (C=O) groups excluding carboxylic acids is 1. The molecule has 1 aromatic carbocycles. The minimum absolute atomic E-state index is 0.0871. The standard InChI is InChI=1S/C12H9IN2O3/c13-9-3-1-8(2-4-9)10(16)7-15-6-5-11(17)14-12(15)18/h1-6H,7H2,(H,14,17,18). The first-order valence-corrected chi connectivity index (χ1v) is 6.23. The van der Waals surface area contributed by atoms with E-state index in [0.29, 0.717) is 5.56 Å². The van der Waals surface area contributed by atoms with Crippen molar-refractivity contribution in [3.63, 3.8) is 0 Å². The highest BCUT2D eigenvalue weighted by Gasteiger charge is 2.07. The molecule has 0 bridgehead atoms. The van der Waals surface area contributed by atoms with Crippen molar-refractivity contribution in [3.05, 3.63) is 66.5 Å². The molecule has 0 saturated carbocycles. The predicted molar refractivity (Wildman–Crippen MR) is 74.8 cm³/mol. The number of aromatic nitrogens is 2. The number of ketones is 1. The number of hydrogen-bond donors (Lipinski definition) is 1. The van der Waals surface area contributed by atoms with Gasteiger partial charge in [0.2, 0.25) is 0 Å². The zero-order chi connectivity index (χ0) is 13.1. The van der Waals surface area contributed by atoms with Crippen LogP contribution in [0, 0.1) is 3.57 Å². The number of aromatic amines is 1. The molecule has 0 aliphatic heterocycles. The van der Waals surface area contributed by atoms with Crippen LogP contribution < -0.4 is 11.2 Å². The Morgan fingerprint density at radius 3 is 2.44 bits per heavy atom. The second-order valence-corrected chi connectivity index (χ2v) is 4.91. The summed E-state index contributed by atoms with van der Waals surface area (Å²) >= 11 is 2.15. The molecule has 0 fully saturated rings. The molecule has 2 rings (SSSR count). The Labute approximate surface area is 116 Å². The Kier molecular flexibility index (Phi) is 3.75. The van der Waals surface area contributed by atoms with Crippen LogP contribution in [0.2, 0.25) is 0 Å². The highest BCUT2D eigenvalue weighted by Crippen LogP contribution is 2.07. The number of benzene rings is 1. The van der Waals surface area contributed by atoms with E-state index in [1.807, 2.05) is 12.1 Å². The van der Waals surface area contributed by atoms with Crippen molar-refractivity contribution in [1.82, 2.24) is 9.55 Å². The first kappa shape index (κ1) is 12.7. The predicted octanol–water partition coefficient (Wildman–Crippen LogP) is 1.02. The summed E-state index contributed by atoms with van der Waals surface area (Å²) in [6, 6.07) is 8.27. The lowest BCUT2D eigenvalue weighted by Gasteiger charge is -2.04. The van der Waals surface area contributed by atoms with Crippen LogP contribution in [0.1, 0.15) is 10.4 Å². The molecular weight excluding hydrogens is 347 g/mol. The average molecular weight is 356 g/mol. The second kappa shape index (κ2) is 5.30. The van der Waals surface area contributed by atoms with Crippen LogP contribution in [0.15, 0.2) is 46.1 Å². The third-order valence-corrected chi connectivity index (χ3v) is 3.10. The second-order valence-electron chi connectivity index (χ2n) is 3.67. The van der Waals surface area contributed by atoms with Crippen molar-refractivity contribution in [1.29, 1.82) is 0 Å². The molecule has 2 aromatic rings. The summed E-state index contributed by atoms with van der Waals surface area (Å²) in [5, 5.41) is 0. The summed E-state index contributed by atoms with van der Waals surface area (Å²) in [5.74, 6) is -0.180. The van der Waals surface area contributed by atoms with Crippen LogP contribution in [0.3, 0.4) is 0 Å². The molecule has 1 N–H and O–H groups in total. The van der Waals surface area contributed by atoms with Gasteiger partial charge in [-0.05, 0) is 34.7 Å². The monoisotopic (exact) mass is 356 g/mol. The molecular formula is C12H9IN2O3. The van der Waals surface area contributed by atoms with Crippen molar-refractivity contribution < 1.29 is 4.79 Å². The number of carbonyl (C=O) groups is 1. The Balaban J connectivity index is 2.24. The fraction of sp³-hybridized carbons (Fsp3) is 0.0833. The van der Waals surface area contributed by atoms with Gasteiger partial charge in [-0.1, -0.05) is 12.1 Å². The lowest BCUT2D eigenvalue weighted by atomic mass is 10.1. The zero-order valence-electron chi connectivity index (χ0n) is 9.22. The Morgan fingerprint density at radius 2 is 1.83 bits per heavy atom. The van der Waals surface area contributed by atoms with Crippen molar-refractivity contribution >= 4 is 28.4 Å². The van der Waals surface area contributed by atoms with Gasteiger partial charge in [-0.2, -0.15) is 0 Å². The van der Waals surface area contributed by atoms with E-state index >= 15 is 0 Å². The van der Waals surface area contributed by atoms with Crippen molar-refractivity contribution in [3.8, 4) is 0 Å². The molecule has 0 aliphatic carbocycles. The maximum atomic E-state index is 11.9. The van der Waals surface area contributed by atoms with Crippen LogP contribution in [0.4, 0.5) is 0 Å². The maximum Gasteiger partial charge on any atom is 0.328 e. The third kappa shape index (κ3) is 2.95. The largest absolute Gasteiger partial charge is 0.328 e. The number of nitrogens with zero attached hydrogens (tertiary/aromatic N) is 1. The van der Waals surface area contributed by atoms with Crippen LogP contribution >= 0.6 is 22.6 Å². The molecule has 0 saturated heterocycles. The topological polar surface area (TPSA) is 71.9 Å². The summed E-state index contributed by atoms with van der Waals surface area (Å²) in [6.07, 6.45) is 1.31. The average Bonchev–Trinajstić information content (AvgIpc) is 2.33. The number of H-pyrrole nitrogens is 1. The molecule has 0 radical (unpaired) electrons. The first-order chi connectivity index (χ1) is 8.56. The number of rotatable bonds is 3. The van der Waals surface area contributed by atoms with E-state index in [0.717, 1.165) is 3.57 Å². The Bertz CT molecular complexity index is 685. The fourth-order valence-corrected chi connectivity index (χ4v) is 1.81. The zero-order valence-corrected chi connectivity index (χ0v) is 11.4. The van der Waals surface area contributed by atoms with E-state index in [4.69, 9.17) is 0 Å². The molecule has 1 heterocycles. The molecule has 0 amide bonds. The first-order valence-electron chi connectivity index (χ1n) is 5.15. The summed E-state index contributed by atoms with van der Waals surface area (Å²) in [4.78, 5) is 36.3. The van der Waals surface area contributed by atoms with Crippen LogP contribution in [-0.4, -0.2) is 15.3 Å². The Hall–Kier alpha value is -1.70. The van der Waals surface area contributed by atoms with Gasteiger partial charge in [0.25, 0.3) is 5.56 Å². The number of hydrogen-bond acceptors (Lipinski definition) is 3. The Morgan fingerprint density at radius 1 is 1.17 bits per heavy atom. The van der Waals surface area contributed by atoms with Gasteiger partial charge in [0.05, 0.1) is 6.54 Å². The van der Waals surface area contributed by atoms with Crippen LogP contribution in [-0.2, 0) is 6.54 Å². The summed E-state index contributed by atoms with van der Waals surface area (Å²) in [5.41, 5.74) is -0.521. The SMILES string of the molecule is O=C(Cn1ccc(=O)[nH]c1=O)c1ccc(I)cc1. The number of Topliss-reactive ketones (excluding diaryl/α,β-unsaturated/α-hetero) is 1. The minimum Gasteiger partial charge on any atom is -0.293 e.